The predicted octanol–water partition coefficient (Wildman–Crippen LogP) is 1.65. The van der Waals surface area contributed by atoms with Crippen LogP contribution in [-0.4, -0.2) is 51.4 Å². The minimum Gasteiger partial charge on any atom is -0.337 e. The molecule has 1 unspecified atom stereocenters. The molecule has 1 aliphatic carbocycles. The lowest BCUT2D eigenvalue weighted by atomic mass is 10.1. The van der Waals surface area contributed by atoms with Crippen LogP contribution in [0, 0.1) is 6.92 Å². The molecule has 6 nitrogen and oxygen atoms in total. The monoisotopic (exact) mass is 365 g/mol. The fraction of sp³-hybridized carbons (Fsp3) is 0.611. The molecule has 0 bridgehead atoms. The largest absolute Gasteiger partial charge is 0.337 e. The van der Waals surface area contributed by atoms with Crippen molar-refractivity contribution in [2.75, 3.05) is 20.1 Å². The second-order valence-electron chi connectivity index (χ2n) is 7.15. The Morgan fingerprint density at radius 1 is 1.24 bits per heavy atom. The van der Waals surface area contributed by atoms with Crippen molar-refractivity contribution in [1.29, 1.82) is 0 Å². The first-order valence-electron chi connectivity index (χ1n) is 8.99. The zero-order chi connectivity index (χ0) is 18.0. The number of benzene rings is 1. The third-order valence-corrected chi connectivity index (χ3v) is 6.97. The molecule has 1 amide bonds. The first-order valence-corrected chi connectivity index (χ1v) is 10.5. The van der Waals surface area contributed by atoms with E-state index in [9.17, 15) is 13.2 Å². The average molecular weight is 365 g/mol. The topological polar surface area (TPSA) is 78.5 Å². The van der Waals surface area contributed by atoms with Crippen LogP contribution in [0.1, 0.15) is 48.0 Å². The van der Waals surface area contributed by atoms with Gasteiger partial charge in [-0.1, -0.05) is 18.9 Å². The maximum absolute atomic E-state index is 12.8. The lowest BCUT2D eigenvalue weighted by molar-refractivity contribution is 0.0743. The number of nitrogens with zero attached hydrogens (tertiary/aromatic N) is 1. The van der Waals surface area contributed by atoms with Gasteiger partial charge >= 0.3 is 0 Å². The summed E-state index contributed by atoms with van der Waals surface area (Å²) in [5.74, 6) is -0.133. The molecule has 1 aromatic rings. The maximum Gasteiger partial charge on any atom is 0.253 e. The van der Waals surface area contributed by atoms with Crippen LogP contribution in [0.5, 0.6) is 0 Å². The molecule has 1 atom stereocenters. The van der Waals surface area contributed by atoms with Crippen LogP contribution in [0.25, 0.3) is 0 Å². The van der Waals surface area contributed by atoms with Gasteiger partial charge in [-0.05, 0) is 50.4 Å². The Hall–Kier alpha value is -1.44. The minimum absolute atomic E-state index is 0.0102. The van der Waals surface area contributed by atoms with Crippen molar-refractivity contribution in [3.05, 3.63) is 29.3 Å². The van der Waals surface area contributed by atoms with Crippen molar-refractivity contribution in [1.82, 2.24) is 14.9 Å². The van der Waals surface area contributed by atoms with Crippen LogP contribution >= 0.6 is 0 Å². The summed E-state index contributed by atoms with van der Waals surface area (Å²) in [6.45, 7) is 3.45. The molecule has 25 heavy (non-hydrogen) atoms. The Morgan fingerprint density at radius 2 is 1.96 bits per heavy atom. The Bertz CT molecular complexity index is 736. The lowest BCUT2D eigenvalue weighted by Crippen LogP contribution is -2.38. The Morgan fingerprint density at radius 3 is 2.60 bits per heavy atom. The van der Waals surface area contributed by atoms with Crippen molar-refractivity contribution in [2.24, 2.45) is 0 Å². The van der Waals surface area contributed by atoms with Gasteiger partial charge in [-0.3, -0.25) is 4.79 Å². The molecule has 1 aromatic carbocycles. The molecule has 0 spiro atoms. The summed E-state index contributed by atoms with van der Waals surface area (Å²) in [6.07, 6.45) is 4.81. The van der Waals surface area contributed by atoms with E-state index in [1.807, 2.05) is 0 Å². The zero-order valence-electron chi connectivity index (χ0n) is 14.9. The van der Waals surface area contributed by atoms with E-state index in [0.29, 0.717) is 11.1 Å². The summed E-state index contributed by atoms with van der Waals surface area (Å²) in [5, 5.41) is 3.24. The van der Waals surface area contributed by atoms with E-state index in [1.165, 1.54) is 6.07 Å². The molecule has 2 N–H and O–H groups in total. The Labute approximate surface area is 150 Å². The molecule has 3 rings (SSSR count). The van der Waals surface area contributed by atoms with Gasteiger partial charge in [0.05, 0.1) is 4.90 Å². The summed E-state index contributed by atoms with van der Waals surface area (Å²) < 4.78 is 28.3. The molecular weight excluding hydrogens is 338 g/mol. The number of amides is 1. The summed E-state index contributed by atoms with van der Waals surface area (Å²) in [6, 6.07) is 5.12. The second-order valence-corrected chi connectivity index (χ2v) is 8.83. The van der Waals surface area contributed by atoms with Crippen molar-refractivity contribution >= 4 is 15.9 Å². The number of rotatable bonds is 5. The third-order valence-electron chi connectivity index (χ3n) is 5.30. The van der Waals surface area contributed by atoms with E-state index >= 15 is 0 Å². The van der Waals surface area contributed by atoms with Gasteiger partial charge in [0, 0.05) is 31.2 Å². The second kappa shape index (κ2) is 7.43. The Kier molecular flexibility index (Phi) is 5.46. The number of hydrogen-bond acceptors (Lipinski definition) is 4. The summed E-state index contributed by atoms with van der Waals surface area (Å²) in [7, 11) is -1.83. The minimum atomic E-state index is -3.61. The number of carbonyl (C=O) groups excluding carboxylic acids is 1. The van der Waals surface area contributed by atoms with Crippen LogP contribution < -0.4 is 10.0 Å². The highest BCUT2D eigenvalue weighted by Crippen LogP contribution is 2.23. The highest BCUT2D eigenvalue weighted by atomic mass is 32.2. The highest BCUT2D eigenvalue weighted by molar-refractivity contribution is 7.89. The van der Waals surface area contributed by atoms with Gasteiger partial charge in [0.1, 0.15) is 0 Å². The lowest BCUT2D eigenvalue weighted by Gasteiger charge is -2.24. The zero-order valence-corrected chi connectivity index (χ0v) is 15.7. The first-order chi connectivity index (χ1) is 11.9. The van der Waals surface area contributed by atoms with Crippen LogP contribution in [-0.2, 0) is 10.0 Å². The molecule has 0 aromatic heterocycles. The molecule has 1 heterocycles. The van der Waals surface area contributed by atoms with Crippen molar-refractivity contribution < 1.29 is 13.2 Å². The van der Waals surface area contributed by atoms with Crippen LogP contribution in [0.2, 0.25) is 0 Å². The third kappa shape index (κ3) is 4.04. The molecular formula is C18H27N3O3S. The fourth-order valence-corrected chi connectivity index (χ4v) is 5.26. The average Bonchev–Trinajstić information content (AvgIpc) is 3.27. The van der Waals surface area contributed by atoms with Crippen LogP contribution in [0.15, 0.2) is 23.1 Å². The molecule has 2 aliphatic rings. The van der Waals surface area contributed by atoms with Gasteiger partial charge in [0.2, 0.25) is 10.0 Å². The highest BCUT2D eigenvalue weighted by Gasteiger charge is 2.27. The van der Waals surface area contributed by atoms with E-state index in [1.54, 1.807) is 31.0 Å². The van der Waals surface area contributed by atoms with E-state index in [-0.39, 0.29) is 22.9 Å². The molecule has 1 saturated heterocycles. The normalized spacial score (nSPS) is 21.6. The smallest absolute Gasteiger partial charge is 0.253 e. The SMILES string of the molecule is Cc1ccc(C(=O)N(C)C2CCNC2)cc1S(=O)(=O)NC1CCCC1. The molecule has 1 aliphatic heterocycles. The first kappa shape index (κ1) is 18.4. The molecule has 1 saturated carbocycles. The Balaban J connectivity index is 1.83. The molecule has 2 fully saturated rings. The molecule has 0 radical (unpaired) electrons. The molecule has 7 heteroatoms. The maximum atomic E-state index is 12.8. The van der Waals surface area contributed by atoms with Crippen molar-refractivity contribution in [3.63, 3.8) is 0 Å². The number of carbonyl (C=O) groups is 1. The predicted molar refractivity (Wildman–Crippen MR) is 97.1 cm³/mol. The van der Waals surface area contributed by atoms with E-state index in [0.717, 1.165) is 45.2 Å². The number of likely N-dealkylation sites (N-methyl/N-ethyl adjacent to an activating group) is 1. The summed E-state index contributed by atoms with van der Waals surface area (Å²) >= 11 is 0. The van der Waals surface area contributed by atoms with Crippen molar-refractivity contribution in [3.8, 4) is 0 Å². The fourth-order valence-electron chi connectivity index (χ4n) is 3.69. The van der Waals surface area contributed by atoms with Gasteiger partial charge < -0.3 is 10.2 Å². The van der Waals surface area contributed by atoms with Crippen molar-refractivity contribution in [2.45, 2.75) is 56.0 Å². The van der Waals surface area contributed by atoms with Gasteiger partial charge in [-0.2, -0.15) is 0 Å². The molecule has 138 valence electrons. The summed E-state index contributed by atoms with van der Waals surface area (Å²) in [5.41, 5.74) is 1.08. The van der Waals surface area contributed by atoms with Crippen LogP contribution in [0.4, 0.5) is 0 Å². The summed E-state index contributed by atoms with van der Waals surface area (Å²) in [4.78, 5) is 14.7. The van der Waals surface area contributed by atoms with E-state index in [2.05, 4.69) is 10.0 Å². The van der Waals surface area contributed by atoms with Crippen LogP contribution in [0.3, 0.4) is 0 Å². The number of hydrogen-bond donors (Lipinski definition) is 2. The van der Waals surface area contributed by atoms with E-state index < -0.39 is 10.0 Å². The van der Waals surface area contributed by atoms with E-state index in [4.69, 9.17) is 0 Å². The van der Waals surface area contributed by atoms with Gasteiger partial charge in [-0.25, -0.2) is 13.1 Å². The number of aryl methyl sites for hydroxylation is 1. The van der Waals surface area contributed by atoms with Gasteiger partial charge in [0.15, 0.2) is 0 Å². The van der Waals surface area contributed by atoms with Gasteiger partial charge in [0.25, 0.3) is 5.91 Å². The quantitative estimate of drug-likeness (QED) is 0.832. The standard InChI is InChI=1S/C18H27N3O3S/c1-13-7-8-14(18(22)21(2)16-9-10-19-12-16)11-17(13)25(23,24)20-15-5-3-4-6-15/h7-8,11,15-16,19-20H,3-6,9-10,12H2,1-2H3. The number of nitrogens with one attached hydrogen (secondary N) is 2. The van der Waals surface area contributed by atoms with Gasteiger partial charge in [-0.15, -0.1) is 0 Å². The number of sulfonamides is 1.